The molecular formula is C14H21N3O3. The number of amides is 2. The Morgan fingerprint density at radius 2 is 2.05 bits per heavy atom. The van der Waals surface area contributed by atoms with E-state index in [-0.39, 0.29) is 11.8 Å². The van der Waals surface area contributed by atoms with Crippen LogP contribution in [0.2, 0.25) is 0 Å². The summed E-state index contributed by atoms with van der Waals surface area (Å²) in [6.07, 6.45) is 1.68. The van der Waals surface area contributed by atoms with Crippen LogP contribution in [-0.4, -0.2) is 25.0 Å². The molecule has 0 aliphatic rings. The molecule has 0 fully saturated rings. The predicted molar refractivity (Wildman–Crippen MR) is 77.4 cm³/mol. The molecule has 5 N–H and O–H groups in total. The van der Waals surface area contributed by atoms with Crippen molar-refractivity contribution >= 4 is 17.5 Å². The van der Waals surface area contributed by atoms with Crippen LogP contribution in [0.25, 0.3) is 0 Å². The first-order chi connectivity index (χ1) is 9.56. The number of rotatable bonds is 8. The molecule has 110 valence electrons. The van der Waals surface area contributed by atoms with Gasteiger partial charge in [-0.05, 0) is 31.9 Å². The molecule has 0 aliphatic heterocycles. The maximum absolute atomic E-state index is 12.1. The molecule has 20 heavy (non-hydrogen) atoms. The van der Waals surface area contributed by atoms with Crippen molar-refractivity contribution in [1.82, 2.24) is 5.32 Å². The number of nitrogens with two attached hydrogens (primary N) is 2. The van der Waals surface area contributed by atoms with Gasteiger partial charge in [0.15, 0.2) is 5.75 Å². The number of para-hydroxylation sites is 1. The molecule has 0 saturated carbocycles. The Morgan fingerprint density at radius 1 is 1.30 bits per heavy atom. The molecule has 1 rings (SSSR count). The second-order valence-corrected chi connectivity index (χ2v) is 4.34. The first kappa shape index (κ1) is 15.8. The molecule has 0 spiro atoms. The summed E-state index contributed by atoms with van der Waals surface area (Å²) in [6, 6.07) is 5.06. The van der Waals surface area contributed by atoms with Crippen LogP contribution < -0.4 is 21.5 Å². The highest BCUT2D eigenvalue weighted by Gasteiger charge is 2.14. The van der Waals surface area contributed by atoms with Gasteiger partial charge in [-0.3, -0.25) is 9.59 Å². The van der Waals surface area contributed by atoms with E-state index in [0.717, 1.165) is 0 Å². The summed E-state index contributed by atoms with van der Waals surface area (Å²) < 4.78 is 5.40. The van der Waals surface area contributed by atoms with Crippen molar-refractivity contribution in [3.63, 3.8) is 0 Å². The summed E-state index contributed by atoms with van der Waals surface area (Å²) in [4.78, 5) is 22.6. The fourth-order valence-electron chi connectivity index (χ4n) is 1.76. The third-order valence-electron chi connectivity index (χ3n) is 2.71. The van der Waals surface area contributed by atoms with Gasteiger partial charge in [0.1, 0.15) is 0 Å². The van der Waals surface area contributed by atoms with Gasteiger partial charge in [-0.25, -0.2) is 0 Å². The van der Waals surface area contributed by atoms with E-state index in [9.17, 15) is 9.59 Å². The van der Waals surface area contributed by atoms with Crippen molar-refractivity contribution in [3.8, 4) is 5.75 Å². The highest BCUT2D eigenvalue weighted by atomic mass is 16.5. The van der Waals surface area contributed by atoms with Crippen LogP contribution in [0.1, 0.15) is 36.5 Å². The van der Waals surface area contributed by atoms with Crippen LogP contribution in [0.3, 0.4) is 0 Å². The van der Waals surface area contributed by atoms with Gasteiger partial charge in [0.2, 0.25) is 5.91 Å². The van der Waals surface area contributed by atoms with Crippen LogP contribution in [0.15, 0.2) is 18.2 Å². The summed E-state index contributed by atoms with van der Waals surface area (Å²) >= 11 is 0. The van der Waals surface area contributed by atoms with E-state index < -0.39 is 0 Å². The van der Waals surface area contributed by atoms with Crippen molar-refractivity contribution in [3.05, 3.63) is 23.8 Å². The maximum atomic E-state index is 12.1. The Labute approximate surface area is 118 Å². The zero-order chi connectivity index (χ0) is 15.0. The third-order valence-corrected chi connectivity index (χ3v) is 2.71. The Hall–Kier alpha value is -2.24. The third kappa shape index (κ3) is 4.79. The fourth-order valence-corrected chi connectivity index (χ4v) is 1.76. The fraction of sp³-hybridized carbons (Fsp3) is 0.429. The average molecular weight is 279 g/mol. The van der Waals surface area contributed by atoms with Crippen molar-refractivity contribution in [2.75, 3.05) is 18.9 Å². The van der Waals surface area contributed by atoms with Crippen molar-refractivity contribution in [2.45, 2.75) is 26.2 Å². The van der Waals surface area contributed by atoms with E-state index in [2.05, 4.69) is 5.32 Å². The number of anilines is 1. The van der Waals surface area contributed by atoms with Gasteiger partial charge in [-0.15, -0.1) is 0 Å². The molecule has 0 bridgehead atoms. The smallest absolute Gasteiger partial charge is 0.255 e. The van der Waals surface area contributed by atoms with E-state index in [1.807, 2.05) is 6.92 Å². The summed E-state index contributed by atoms with van der Waals surface area (Å²) in [7, 11) is 0. The van der Waals surface area contributed by atoms with Crippen LogP contribution in [-0.2, 0) is 4.79 Å². The second kappa shape index (κ2) is 8.04. The summed E-state index contributed by atoms with van der Waals surface area (Å²) in [5, 5.41) is 2.77. The van der Waals surface area contributed by atoms with Crippen molar-refractivity contribution < 1.29 is 14.3 Å². The molecule has 1 aromatic rings. The minimum atomic E-state index is -0.328. The SMILES string of the molecule is CCOc1c(N)cccc1C(=O)NCCCCC(N)=O. The summed E-state index contributed by atoms with van der Waals surface area (Å²) in [5.74, 6) is -0.157. The van der Waals surface area contributed by atoms with Crippen LogP contribution in [0.5, 0.6) is 5.75 Å². The lowest BCUT2D eigenvalue weighted by Gasteiger charge is -2.12. The number of nitrogen functional groups attached to an aromatic ring is 1. The van der Waals surface area contributed by atoms with Gasteiger partial charge in [0.25, 0.3) is 5.91 Å². The average Bonchev–Trinajstić information content (AvgIpc) is 2.40. The van der Waals surface area contributed by atoms with Gasteiger partial charge in [-0.2, -0.15) is 0 Å². The van der Waals surface area contributed by atoms with E-state index in [1.165, 1.54) is 0 Å². The molecule has 0 aliphatic carbocycles. The molecule has 6 heteroatoms. The molecule has 0 aromatic heterocycles. The number of benzene rings is 1. The van der Waals surface area contributed by atoms with Crippen molar-refractivity contribution in [1.29, 1.82) is 0 Å². The molecule has 1 aromatic carbocycles. The molecule has 0 saturated heterocycles. The Morgan fingerprint density at radius 3 is 2.70 bits per heavy atom. The minimum absolute atomic E-state index is 0.236. The number of nitrogens with one attached hydrogen (secondary N) is 1. The lowest BCUT2D eigenvalue weighted by Crippen LogP contribution is -2.25. The standard InChI is InChI=1S/C14H21N3O3/c1-2-20-13-10(6-5-7-11(13)15)14(19)17-9-4-3-8-12(16)18/h5-7H,2-4,8-9,15H2,1H3,(H2,16,18)(H,17,19). The van der Waals surface area contributed by atoms with Gasteiger partial charge in [0.05, 0.1) is 17.9 Å². The van der Waals surface area contributed by atoms with Crippen LogP contribution in [0.4, 0.5) is 5.69 Å². The van der Waals surface area contributed by atoms with E-state index >= 15 is 0 Å². The number of carbonyl (C=O) groups is 2. The van der Waals surface area contributed by atoms with Gasteiger partial charge >= 0.3 is 0 Å². The van der Waals surface area contributed by atoms with E-state index in [1.54, 1.807) is 18.2 Å². The van der Waals surface area contributed by atoms with Gasteiger partial charge < -0.3 is 21.5 Å². The molecule has 2 amide bonds. The molecule has 6 nitrogen and oxygen atoms in total. The van der Waals surface area contributed by atoms with Gasteiger partial charge in [-0.1, -0.05) is 6.07 Å². The predicted octanol–water partition coefficient (Wildman–Crippen LogP) is 1.05. The highest BCUT2D eigenvalue weighted by Crippen LogP contribution is 2.26. The molecule has 0 radical (unpaired) electrons. The number of carbonyl (C=O) groups excluding carboxylic acids is 2. The second-order valence-electron chi connectivity index (χ2n) is 4.34. The zero-order valence-electron chi connectivity index (χ0n) is 11.6. The Kier molecular flexibility index (Phi) is 6.36. The molecular weight excluding hydrogens is 258 g/mol. The Balaban J connectivity index is 2.55. The van der Waals surface area contributed by atoms with Crippen LogP contribution in [0, 0.1) is 0 Å². The largest absolute Gasteiger partial charge is 0.491 e. The lowest BCUT2D eigenvalue weighted by molar-refractivity contribution is -0.118. The molecule has 0 heterocycles. The maximum Gasteiger partial charge on any atom is 0.255 e. The first-order valence-corrected chi connectivity index (χ1v) is 6.64. The topological polar surface area (TPSA) is 107 Å². The van der Waals surface area contributed by atoms with E-state index in [0.29, 0.717) is 49.4 Å². The first-order valence-electron chi connectivity index (χ1n) is 6.64. The number of ether oxygens (including phenoxy) is 1. The monoisotopic (exact) mass is 279 g/mol. The molecule has 0 unspecified atom stereocenters. The van der Waals surface area contributed by atoms with E-state index in [4.69, 9.17) is 16.2 Å². The number of hydrogen-bond donors (Lipinski definition) is 3. The summed E-state index contributed by atoms with van der Waals surface area (Å²) in [6.45, 7) is 2.75. The normalized spacial score (nSPS) is 10.1. The number of unbranched alkanes of at least 4 members (excludes halogenated alkanes) is 1. The zero-order valence-corrected chi connectivity index (χ0v) is 11.6. The lowest BCUT2D eigenvalue weighted by atomic mass is 10.1. The summed E-state index contributed by atoms with van der Waals surface area (Å²) in [5.41, 5.74) is 11.7. The number of hydrogen-bond acceptors (Lipinski definition) is 4. The number of primary amides is 1. The molecule has 0 atom stereocenters. The minimum Gasteiger partial charge on any atom is -0.491 e. The van der Waals surface area contributed by atoms with Crippen LogP contribution >= 0.6 is 0 Å². The van der Waals surface area contributed by atoms with Crippen molar-refractivity contribution in [2.24, 2.45) is 5.73 Å². The van der Waals surface area contributed by atoms with Gasteiger partial charge in [0, 0.05) is 13.0 Å². The Bertz CT molecular complexity index is 475. The highest BCUT2D eigenvalue weighted by molar-refractivity contribution is 5.98. The quantitative estimate of drug-likeness (QED) is 0.488.